The predicted molar refractivity (Wildman–Crippen MR) is 18.6 cm³/mol. The molecule has 0 aliphatic heterocycles. The van der Waals surface area contributed by atoms with Crippen LogP contribution in [0.4, 0.5) is 4.79 Å². The maximum absolute atomic E-state index is 8.56. The van der Waals surface area contributed by atoms with E-state index in [2.05, 4.69) is 0 Å². The number of hydrogen-bond acceptors (Lipinski definition) is 1. The van der Waals surface area contributed by atoms with Crippen LogP contribution in [-0.4, -0.2) is 54.1 Å². The standard InChI is InChI=1S/CH2O3.Ca.2ClH.2Na.2H/c2-1(3)4;;;;;;;/h(H2,2,3,4);;2*1H;;;;/q;+2;;;2*+1;2*-1/p-2. The quantitative estimate of drug-likeness (QED) is 0.399. The molecule has 9 heavy (non-hydrogen) atoms. The van der Waals surface area contributed by atoms with Crippen molar-refractivity contribution in [3.05, 3.63) is 0 Å². The molecule has 0 saturated carbocycles. The molecule has 2 N–H and O–H groups in total. The van der Waals surface area contributed by atoms with Gasteiger partial charge in [0.1, 0.15) is 0 Å². The van der Waals surface area contributed by atoms with Crippen LogP contribution in [0.3, 0.4) is 0 Å². The van der Waals surface area contributed by atoms with E-state index in [4.69, 9.17) is 15.0 Å². The van der Waals surface area contributed by atoms with Crippen LogP contribution in [0.15, 0.2) is 0 Å². The Hall–Kier alpha value is 3.11. The zero-order valence-electron chi connectivity index (χ0n) is 7.27. The minimum atomic E-state index is -1.83. The second-order valence-electron chi connectivity index (χ2n) is 0.283. The van der Waals surface area contributed by atoms with Crippen molar-refractivity contribution in [1.82, 2.24) is 0 Å². The van der Waals surface area contributed by atoms with Gasteiger partial charge >= 0.3 is 103 Å². The van der Waals surface area contributed by atoms with Crippen molar-refractivity contribution in [2.75, 3.05) is 0 Å². The van der Waals surface area contributed by atoms with Crippen molar-refractivity contribution >= 4 is 43.9 Å². The molecule has 0 unspecified atom stereocenters. The number of rotatable bonds is 0. The van der Waals surface area contributed by atoms with Crippen molar-refractivity contribution in [1.29, 1.82) is 0 Å². The first-order valence-corrected chi connectivity index (χ1v) is 0.651. The van der Waals surface area contributed by atoms with Crippen LogP contribution < -0.4 is 83.9 Å². The van der Waals surface area contributed by atoms with Gasteiger partial charge in [-0.2, -0.15) is 0 Å². The molecule has 0 spiro atoms. The summed E-state index contributed by atoms with van der Waals surface area (Å²) in [4.78, 5) is 8.56. The van der Waals surface area contributed by atoms with E-state index in [1.54, 1.807) is 0 Å². The van der Waals surface area contributed by atoms with Gasteiger partial charge in [0.25, 0.3) is 0 Å². The van der Waals surface area contributed by atoms with Gasteiger partial charge in [-0.15, -0.1) is 0 Å². The van der Waals surface area contributed by atoms with Gasteiger partial charge in [-0.05, 0) is 0 Å². The van der Waals surface area contributed by atoms with Gasteiger partial charge in [0.05, 0.1) is 0 Å². The summed E-state index contributed by atoms with van der Waals surface area (Å²) in [5.74, 6) is 0. The van der Waals surface area contributed by atoms with Gasteiger partial charge in [0.15, 0.2) is 0 Å². The number of carbonyl (C=O) groups is 1. The third kappa shape index (κ3) is 95.3. The van der Waals surface area contributed by atoms with E-state index in [0.29, 0.717) is 0 Å². The minimum absolute atomic E-state index is 0. The third-order valence-electron chi connectivity index (χ3n) is 0. The number of carboxylic acid groups (broad SMARTS) is 2. The summed E-state index contributed by atoms with van der Waals surface area (Å²) in [6.07, 6.45) is -1.83. The van der Waals surface area contributed by atoms with Gasteiger partial charge in [-0.3, -0.25) is 0 Å². The average molecular weight is 221 g/mol. The van der Waals surface area contributed by atoms with Crippen LogP contribution in [-0.2, 0) is 0 Å². The van der Waals surface area contributed by atoms with Crippen molar-refractivity contribution in [2.24, 2.45) is 0 Å². The van der Waals surface area contributed by atoms with Crippen LogP contribution in [0.2, 0.25) is 0 Å². The van der Waals surface area contributed by atoms with Gasteiger partial charge in [-0.1, -0.05) is 0 Å². The first-order chi connectivity index (χ1) is 1.73. The molecule has 0 bridgehead atoms. The molecule has 8 heteroatoms. The van der Waals surface area contributed by atoms with Crippen LogP contribution >= 0.6 is 0 Å². The molecule has 0 fully saturated rings. The second-order valence-corrected chi connectivity index (χ2v) is 0.283. The number of hydrogen-bond donors (Lipinski definition) is 2. The van der Waals surface area contributed by atoms with Crippen LogP contribution in [0.1, 0.15) is 2.85 Å². The summed E-state index contributed by atoms with van der Waals surface area (Å²) >= 11 is 0. The maximum atomic E-state index is 8.56. The van der Waals surface area contributed by atoms with Crippen molar-refractivity contribution in [3.63, 3.8) is 0 Å². The van der Waals surface area contributed by atoms with E-state index in [1.807, 2.05) is 0 Å². The van der Waals surface area contributed by atoms with Crippen LogP contribution in [0.5, 0.6) is 0 Å². The molecular formula is CH4CaCl2Na2O3. The van der Waals surface area contributed by atoms with Crippen LogP contribution in [0.25, 0.3) is 0 Å². The Bertz CT molecular complexity index is 50.3. The SMILES string of the molecule is O=C(O)O.[Ca+2].[Cl-].[Cl-].[H-].[H-].[Na+].[Na+]. The van der Waals surface area contributed by atoms with Crippen LogP contribution in [0, 0.1) is 0 Å². The monoisotopic (exact) mass is 220 g/mol. The van der Waals surface area contributed by atoms with Gasteiger partial charge in [0, 0.05) is 0 Å². The Morgan fingerprint density at radius 3 is 1.11 bits per heavy atom. The van der Waals surface area contributed by atoms with E-state index in [-0.39, 0.29) is 125 Å². The van der Waals surface area contributed by atoms with E-state index in [9.17, 15) is 0 Å². The van der Waals surface area contributed by atoms with E-state index >= 15 is 0 Å². The van der Waals surface area contributed by atoms with E-state index in [1.165, 1.54) is 0 Å². The first-order valence-electron chi connectivity index (χ1n) is 0.651. The zero-order valence-corrected chi connectivity index (χ0v) is 13.0. The maximum Gasteiger partial charge on any atom is 2.00 e. The molecule has 44 valence electrons. The summed E-state index contributed by atoms with van der Waals surface area (Å²) < 4.78 is 0. The van der Waals surface area contributed by atoms with Gasteiger partial charge in [0.2, 0.25) is 0 Å². The molecule has 0 aromatic rings. The summed E-state index contributed by atoms with van der Waals surface area (Å²) in [5.41, 5.74) is 0. The second kappa shape index (κ2) is 30.4. The molecular weight excluding hydrogens is 217 g/mol. The van der Waals surface area contributed by atoms with Gasteiger partial charge < -0.3 is 37.9 Å². The Morgan fingerprint density at radius 2 is 1.11 bits per heavy atom. The molecule has 0 radical (unpaired) electrons. The minimum Gasteiger partial charge on any atom is -1.00 e. The van der Waals surface area contributed by atoms with Crippen molar-refractivity contribution in [2.45, 2.75) is 0 Å². The zero-order chi connectivity index (χ0) is 3.58. The summed E-state index contributed by atoms with van der Waals surface area (Å²) in [6.45, 7) is 0. The Kier molecular flexibility index (Phi) is 135. The topological polar surface area (TPSA) is 57.5 Å². The summed E-state index contributed by atoms with van der Waals surface area (Å²) in [5, 5.41) is 13.9. The number of halogens is 2. The van der Waals surface area contributed by atoms with E-state index < -0.39 is 6.16 Å². The fourth-order valence-electron chi connectivity index (χ4n) is 0. The molecule has 0 aromatic heterocycles. The molecule has 0 aliphatic rings. The van der Waals surface area contributed by atoms with Crippen molar-refractivity contribution in [3.8, 4) is 0 Å². The first kappa shape index (κ1) is 40.0. The Labute approximate surface area is 143 Å². The average Bonchev–Trinajstić information content (AvgIpc) is 0.811. The molecule has 0 rings (SSSR count). The molecule has 0 atom stereocenters. The molecule has 0 saturated heterocycles. The van der Waals surface area contributed by atoms with Gasteiger partial charge in [-0.25, -0.2) is 4.79 Å². The largest absolute Gasteiger partial charge is 2.00 e. The Morgan fingerprint density at radius 1 is 1.11 bits per heavy atom. The normalized spacial score (nSPS) is 2.67. The van der Waals surface area contributed by atoms with E-state index in [0.717, 1.165) is 0 Å². The fraction of sp³-hybridized carbons (Fsp3) is 0. The fourth-order valence-corrected chi connectivity index (χ4v) is 0. The third-order valence-corrected chi connectivity index (χ3v) is 0. The molecule has 0 amide bonds. The smallest absolute Gasteiger partial charge is 1.00 e. The molecule has 0 aromatic carbocycles. The molecule has 0 aliphatic carbocycles. The molecule has 0 heterocycles. The molecule has 3 nitrogen and oxygen atoms in total. The summed E-state index contributed by atoms with van der Waals surface area (Å²) in [7, 11) is 0. The summed E-state index contributed by atoms with van der Waals surface area (Å²) in [6, 6.07) is 0. The van der Waals surface area contributed by atoms with Crippen molar-refractivity contribution < 1.29 is 102 Å². The Balaban J connectivity index is -0.00000000214. The predicted octanol–water partition coefficient (Wildman–Crippen LogP) is -11.9.